The summed E-state index contributed by atoms with van der Waals surface area (Å²) in [7, 11) is 0. The fourth-order valence-electron chi connectivity index (χ4n) is 1.31. The normalized spacial score (nSPS) is 13.3. The van der Waals surface area contributed by atoms with Gasteiger partial charge >= 0.3 is 5.97 Å². The number of carbonyl (C=O) groups is 1. The molecule has 0 saturated carbocycles. The molecule has 0 fully saturated rings. The van der Waals surface area contributed by atoms with Crippen molar-refractivity contribution in [3.05, 3.63) is 29.3 Å². The Balaban J connectivity index is 2.36. The first-order valence-corrected chi connectivity index (χ1v) is 4.45. The highest BCUT2D eigenvalue weighted by atomic mass is 16.7. The van der Waals surface area contributed by atoms with Crippen LogP contribution in [0.25, 0.3) is 6.08 Å². The van der Waals surface area contributed by atoms with Crippen molar-refractivity contribution < 1.29 is 19.4 Å². The maximum atomic E-state index is 10.6. The lowest BCUT2D eigenvalue weighted by Crippen LogP contribution is -1.97. The van der Waals surface area contributed by atoms with E-state index in [0.717, 1.165) is 0 Å². The minimum Gasteiger partial charge on any atom is -0.477 e. The summed E-state index contributed by atoms with van der Waals surface area (Å²) >= 11 is 0. The number of ether oxygens (including phenoxy) is 2. The Bertz CT molecular complexity index is 513. The molecule has 80 valence electrons. The number of nitrogens with zero attached hydrogens (tertiary/aromatic N) is 1. The number of benzene rings is 1. The molecule has 0 aliphatic carbocycles. The minimum absolute atomic E-state index is 0.159. The highest BCUT2D eigenvalue weighted by Gasteiger charge is 2.13. The van der Waals surface area contributed by atoms with E-state index in [2.05, 4.69) is 0 Å². The van der Waals surface area contributed by atoms with E-state index in [1.54, 1.807) is 24.3 Å². The number of aliphatic carboxylic acids is 1. The molecule has 1 aliphatic rings. The summed E-state index contributed by atoms with van der Waals surface area (Å²) in [4.78, 5) is 10.6. The number of carboxylic acid groups (broad SMARTS) is 1. The third kappa shape index (κ3) is 1.81. The SMILES string of the molecule is N#C/C(=C\c1ccc2c(c1)OCO2)C(=O)O. The molecule has 1 heterocycles. The predicted molar refractivity (Wildman–Crippen MR) is 53.8 cm³/mol. The van der Waals surface area contributed by atoms with E-state index in [0.29, 0.717) is 17.1 Å². The Labute approximate surface area is 91.1 Å². The lowest BCUT2D eigenvalue weighted by Gasteiger charge is -1.97. The van der Waals surface area contributed by atoms with Crippen LogP contribution in [0, 0.1) is 11.3 Å². The molecule has 16 heavy (non-hydrogen) atoms. The lowest BCUT2D eigenvalue weighted by molar-refractivity contribution is -0.132. The van der Waals surface area contributed by atoms with Crippen molar-refractivity contribution in [1.29, 1.82) is 5.26 Å². The van der Waals surface area contributed by atoms with Crippen LogP contribution in [0.1, 0.15) is 5.56 Å². The van der Waals surface area contributed by atoms with Crippen molar-refractivity contribution in [1.82, 2.24) is 0 Å². The van der Waals surface area contributed by atoms with Gasteiger partial charge in [-0.1, -0.05) is 6.07 Å². The lowest BCUT2D eigenvalue weighted by atomic mass is 10.1. The quantitative estimate of drug-likeness (QED) is 0.598. The molecule has 0 bridgehead atoms. The van der Waals surface area contributed by atoms with Crippen LogP contribution in [-0.2, 0) is 4.79 Å². The second-order valence-corrected chi connectivity index (χ2v) is 3.09. The Morgan fingerprint density at radius 3 is 2.88 bits per heavy atom. The first-order valence-electron chi connectivity index (χ1n) is 4.45. The second kappa shape index (κ2) is 3.95. The molecule has 0 spiro atoms. The van der Waals surface area contributed by atoms with Gasteiger partial charge in [0, 0.05) is 0 Å². The average molecular weight is 217 g/mol. The van der Waals surface area contributed by atoms with Gasteiger partial charge in [0.25, 0.3) is 0 Å². The zero-order valence-corrected chi connectivity index (χ0v) is 8.14. The van der Waals surface area contributed by atoms with Crippen LogP contribution < -0.4 is 9.47 Å². The van der Waals surface area contributed by atoms with Gasteiger partial charge in [-0.2, -0.15) is 5.26 Å². The number of hydrogen-bond donors (Lipinski definition) is 1. The molecule has 0 saturated heterocycles. The molecule has 0 radical (unpaired) electrons. The van der Waals surface area contributed by atoms with Crippen molar-refractivity contribution in [2.24, 2.45) is 0 Å². The van der Waals surface area contributed by atoms with E-state index in [1.807, 2.05) is 0 Å². The molecular formula is C11H7NO4. The fraction of sp³-hybridized carbons (Fsp3) is 0.0909. The monoisotopic (exact) mass is 217 g/mol. The van der Waals surface area contributed by atoms with Gasteiger partial charge in [-0.3, -0.25) is 0 Å². The van der Waals surface area contributed by atoms with E-state index in [9.17, 15) is 4.79 Å². The van der Waals surface area contributed by atoms with Crippen LogP contribution in [0.15, 0.2) is 23.8 Å². The smallest absolute Gasteiger partial charge is 0.346 e. The third-order valence-electron chi connectivity index (χ3n) is 2.06. The Morgan fingerprint density at radius 2 is 2.19 bits per heavy atom. The molecule has 0 aromatic heterocycles. The van der Waals surface area contributed by atoms with Gasteiger partial charge < -0.3 is 14.6 Å². The maximum Gasteiger partial charge on any atom is 0.346 e. The van der Waals surface area contributed by atoms with Gasteiger partial charge in [0.1, 0.15) is 11.6 Å². The molecule has 5 heteroatoms. The number of nitriles is 1. The summed E-state index contributed by atoms with van der Waals surface area (Å²) < 4.78 is 10.2. The summed E-state index contributed by atoms with van der Waals surface area (Å²) in [6, 6.07) is 6.57. The first-order chi connectivity index (χ1) is 7.70. The third-order valence-corrected chi connectivity index (χ3v) is 2.06. The van der Waals surface area contributed by atoms with E-state index in [-0.39, 0.29) is 12.4 Å². The van der Waals surface area contributed by atoms with Gasteiger partial charge in [-0.15, -0.1) is 0 Å². The Morgan fingerprint density at radius 1 is 1.44 bits per heavy atom. The number of hydrogen-bond acceptors (Lipinski definition) is 4. The van der Waals surface area contributed by atoms with Crippen LogP contribution in [0.5, 0.6) is 11.5 Å². The molecule has 1 aromatic rings. The number of rotatable bonds is 2. The van der Waals surface area contributed by atoms with Crippen LogP contribution in [-0.4, -0.2) is 17.9 Å². The van der Waals surface area contributed by atoms with Gasteiger partial charge in [0.15, 0.2) is 11.5 Å². The topological polar surface area (TPSA) is 79.5 Å². The molecule has 2 rings (SSSR count). The largest absolute Gasteiger partial charge is 0.477 e. The van der Waals surface area contributed by atoms with Crippen LogP contribution in [0.4, 0.5) is 0 Å². The van der Waals surface area contributed by atoms with Crippen molar-refractivity contribution in [2.45, 2.75) is 0 Å². The summed E-state index contributed by atoms with van der Waals surface area (Å²) in [5.41, 5.74) is 0.266. The Hall–Kier alpha value is -2.48. The molecule has 0 amide bonds. The van der Waals surface area contributed by atoms with Crippen molar-refractivity contribution in [3.63, 3.8) is 0 Å². The van der Waals surface area contributed by atoms with Crippen molar-refractivity contribution >= 4 is 12.0 Å². The standard InChI is InChI=1S/C11H7NO4/c12-5-8(11(13)14)3-7-1-2-9-10(4-7)16-6-15-9/h1-4H,6H2,(H,13,14)/b8-3+. The van der Waals surface area contributed by atoms with Crippen molar-refractivity contribution in [2.75, 3.05) is 6.79 Å². The fourth-order valence-corrected chi connectivity index (χ4v) is 1.31. The summed E-state index contributed by atoms with van der Waals surface area (Å²) in [6.07, 6.45) is 1.28. The summed E-state index contributed by atoms with van der Waals surface area (Å²) in [5, 5.41) is 17.3. The molecule has 1 N–H and O–H groups in total. The molecule has 1 aromatic carbocycles. The van der Waals surface area contributed by atoms with E-state index < -0.39 is 5.97 Å². The zero-order chi connectivity index (χ0) is 11.5. The second-order valence-electron chi connectivity index (χ2n) is 3.09. The van der Waals surface area contributed by atoms with Crippen LogP contribution in [0.2, 0.25) is 0 Å². The van der Waals surface area contributed by atoms with Crippen LogP contribution >= 0.6 is 0 Å². The van der Waals surface area contributed by atoms with Gasteiger partial charge in [0.05, 0.1) is 0 Å². The van der Waals surface area contributed by atoms with Crippen LogP contribution in [0.3, 0.4) is 0 Å². The molecular weight excluding hydrogens is 210 g/mol. The average Bonchev–Trinajstić information content (AvgIpc) is 2.72. The zero-order valence-electron chi connectivity index (χ0n) is 8.14. The van der Waals surface area contributed by atoms with Gasteiger partial charge in [-0.25, -0.2) is 4.79 Å². The summed E-state index contributed by atoms with van der Waals surface area (Å²) in [5.74, 6) is -0.0809. The minimum atomic E-state index is -1.25. The van der Waals surface area contributed by atoms with E-state index in [4.69, 9.17) is 19.8 Å². The van der Waals surface area contributed by atoms with E-state index in [1.165, 1.54) is 6.08 Å². The van der Waals surface area contributed by atoms with Gasteiger partial charge in [0.2, 0.25) is 6.79 Å². The molecule has 5 nitrogen and oxygen atoms in total. The highest BCUT2D eigenvalue weighted by Crippen LogP contribution is 2.32. The Kier molecular flexibility index (Phi) is 2.48. The molecule has 0 unspecified atom stereocenters. The highest BCUT2D eigenvalue weighted by molar-refractivity contribution is 5.96. The predicted octanol–water partition coefficient (Wildman–Crippen LogP) is 1.41. The number of carboxylic acids is 1. The van der Waals surface area contributed by atoms with Gasteiger partial charge in [-0.05, 0) is 23.8 Å². The number of fused-ring (bicyclic) bond motifs is 1. The summed E-state index contributed by atoms with van der Waals surface area (Å²) in [6.45, 7) is 0.159. The van der Waals surface area contributed by atoms with E-state index >= 15 is 0 Å². The first kappa shape index (κ1) is 10.1. The van der Waals surface area contributed by atoms with Crippen molar-refractivity contribution in [3.8, 4) is 17.6 Å². The molecule has 1 aliphatic heterocycles. The maximum absolute atomic E-state index is 10.6. The molecule has 0 atom stereocenters.